The van der Waals surface area contributed by atoms with Crippen LogP contribution in [0.1, 0.15) is 0 Å². The quantitative estimate of drug-likeness (QED) is 0.188. The Kier molecular flexibility index (Phi) is 5.85. The van der Waals surface area contributed by atoms with E-state index < -0.39 is 10.5 Å². The maximum absolute atomic E-state index is 12.4. The molecule has 0 aliphatic heterocycles. The summed E-state index contributed by atoms with van der Waals surface area (Å²) in [5, 5.41) is 18.3. The Morgan fingerprint density at radius 3 is 2.59 bits per heavy atom. The molecule has 0 radical (unpaired) electrons. The molecule has 4 rings (SSSR count). The van der Waals surface area contributed by atoms with Crippen molar-refractivity contribution in [3.63, 3.8) is 0 Å². The maximum Gasteiger partial charge on any atom is 0.269 e. The van der Waals surface area contributed by atoms with Crippen LogP contribution in [0.3, 0.4) is 0 Å². The first kappa shape index (κ1) is 21.1. The fourth-order valence-corrected chi connectivity index (χ4v) is 3.53. The number of H-pyrrole nitrogens is 1. The number of non-ortho nitro benzene ring substituents is 1. The predicted molar refractivity (Wildman–Crippen MR) is 118 cm³/mol. The molecule has 0 aliphatic carbocycles. The van der Waals surface area contributed by atoms with Gasteiger partial charge in [-0.05, 0) is 36.4 Å². The number of rotatable bonds is 7. The highest BCUT2D eigenvalue weighted by atomic mass is 32.2. The van der Waals surface area contributed by atoms with Crippen LogP contribution in [-0.4, -0.2) is 43.4 Å². The fourth-order valence-electron chi connectivity index (χ4n) is 2.88. The van der Waals surface area contributed by atoms with Crippen LogP contribution in [0.15, 0.2) is 64.7 Å². The summed E-state index contributed by atoms with van der Waals surface area (Å²) in [5.41, 5.74) is 0.943. The molecule has 162 valence electrons. The highest BCUT2D eigenvalue weighted by Crippen LogP contribution is 2.20. The Hall–Kier alpha value is -4.19. The van der Waals surface area contributed by atoms with E-state index in [0.29, 0.717) is 17.1 Å². The van der Waals surface area contributed by atoms with Gasteiger partial charge in [0.05, 0.1) is 29.7 Å². The van der Waals surface area contributed by atoms with E-state index >= 15 is 0 Å². The third-order valence-electron chi connectivity index (χ3n) is 4.44. The molecule has 0 unspecified atom stereocenters. The summed E-state index contributed by atoms with van der Waals surface area (Å²) in [4.78, 5) is 42.1. The van der Waals surface area contributed by atoms with Gasteiger partial charge in [0, 0.05) is 17.8 Å². The summed E-state index contributed by atoms with van der Waals surface area (Å²) < 4.78 is 6.49. The highest BCUT2D eigenvalue weighted by molar-refractivity contribution is 7.99. The second-order valence-corrected chi connectivity index (χ2v) is 7.47. The smallest absolute Gasteiger partial charge is 0.269 e. The molecule has 32 heavy (non-hydrogen) atoms. The molecule has 0 bridgehead atoms. The van der Waals surface area contributed by atoms with E-state index in [0.717, 1.165) is 11.8 Å². The first-order valence-corrected chi connectivity index (χ1v) is 10.2. The van der Waals surface area contributed by atoms with Gasteiger partial charge in [-0.15, -0.1) is 0 Å². The van der Waals surface area contributed by atoms with Crippen LogP contribution in [0.5, 0.6) is 5.75 Å². The molecule has 0 aliphatic rings. The number of fused-ring (bicyclic) bond motifs is 1. The van der Waals surface area contributed by atoms with Gasteiger partial charge in [0.15, 0.2) is 10.8 Å². The second kappa shape index (κ2) is 8.89. The third kappa shape index (κ3) is 4.44. The number of nitrogens with one attached hydrogen (secondary N) is 2. The number of benzene rings is 2. The summed E-state index contributed by atoms with van der Waals surface area (Å²) in [7, 11) is 1.56. The minimum Gasteiger partial charge on any atom is -0.497 e. The molecule has 2 aromatic heterocycles. The molecule has 1 amide bonds. The van der Waals surface area contributed by atoms with Crippen molar-refractivity contribution in [3.8, 4) is 11.4 Å². The predicted octanol–water partition coefficient (Wildman–Crippen LogP) is 2.76. The summed E-state index contributed by atoms with van der Waals surface area (Å²) in [5.74, 6) is 0.426. The van der Waals surface area contributed by atoms with Gasteiger partial charge in [0.2, 0.25) is 5.91 Å². The number of anilines is 1. The summed E-state index contributed by atoms with van der Waals surface area (Å²) in [6.45, 7) is 0. The number of hydrogen-bond donors (Lipinski definition) is 2. The van der Waals surface area contributed by atoms with Crippen molar-refractivity contribution in [2.45, 2.75) is 5.16 Å². The first-order chi connectivity index (χ1) is 15.4. The van der Waals surface area contributed by atoms with Gasteiger partial charge in [0.1, 0.15) is 11.1 Å². The number of nitro groups is 1. The monoisotopic (exact) mass is 452 g/mol. The van der Waals surface area contributed by atoms with Crippen LogP contribution in [0, 0.1) is 10.1 Å². The highest BCUT2D eigenvalue weighted by Gasteiger charge is 2.14. The lowest BCUT2D eigenvalue weighted by Gasteiger charge is -2.07. The van der Waals surface area contributed by atoms with Gasteiger partial charge in [-0.25, -0.2) is 9.67 Å². The number of nitro benzene ring substituents is 1. The average Bonchev–Trinajstić information content (AvgIpc) is 3.23. The van der Waals surface area contributed by atoms with Gasteiger partial charge in [-0.1, -0.05) is 11.8 Å². The van der Waals surface area contributed by atoms with Crippen LogP contribution in [0.25, 0.3) is 16.7 Å². The van der Waals surface area contributed by atoms with Crippen LogP contribution in [-0.2, 0) is 4.79 Å². The van der Waals surface area contributed by atoms with E-state index in [1.807, 2.05) is 0 Å². The number of hydrogen-bond acceptors (Lipinski definition) is 8. The van der Waals surface area contributed by atoms with Crippen molar-refractivity contribution < 1.29 is 14.5 Å². The van der Waals surface area contributed by atoms with Crippen molar-refractivity contribution in [3.05, 3.63) is 75.2 Å². The summed E-state index contributed by atoms with van der Waals surface area (Å²) >= 11 is 1.06. The van der Waals surface area contributed by atoms with Crippen molar-refractivity contribution >= 4 is 40.1 Å². The molecule has 11 nitrogen and oxygen atoms in total. The molecule has 0 saturated carbocycles. The van der Waals surface area contributed by atoms with Crippen molar-refractivity contribution in [2.75, 3.05) is 18.2 Å². The van der Waals surface area contributed by atoms with Crippen molar-refractivity contribution in [1.82, 2.24) is 19.7 Å². The first-order valence-electron chi connectivity index (χ1n) is 9.24. The molecule has 12 heteroatoms. The average molecular weight is 452 g/mol. The Morgan fingerprint density at radius 1 is 1.22 bits per heavy atom. The Morgan fingerprint density at radius 2 is 1.94 bits per heavy atom. The maximum atomic E-state index is 12.4. The van der Waals surface area contributed by atoms with E-state index in [9.17, 15) is 19.7 Å². The lowest BCUT2D eigenvalue weighted by Crippen LogP contribution is -2.15. The zero-order valence-corrected chi connectivity index (χ0v) is 17.5. The van der Waals surface area contributed by atoms with Crippen LogP contribution < -0.4 is 15.6 Å². The van der Waals surface area contributed by atoms with Crippen molar-refractivity contribution in [1.29, 1.82) is 0 Å². The molecule has 0 fully saturated rings. The number of aromatic nitrogens is 4. The van der Waals surface area contributed by atoms with Gasteiger partial charge in [-0.3, -0.25) is 19.7 Å². The molecular weight excluding hydrogens is 436 g/mol. The summed E-state index contributed by atoms with van der Waals surface area (Å²) in [6.07, 6.45) is 1.37. The Bertz CT molecular complexity index is 1350. The lowest BCUT2D eigenvalue weighted by molar-refractivity contribution is -0.384. The molecule has 4 aromatic rings. The number of thioether (sulfide) groups is 1. The SMILES string of the molecule is COc1ccc(NC(=O)CSc2nc3c(cnn3-c3ccc([N+](=O)[O-])cc3)c(=O)[nH]2)cc1. The molecular formula is C20H16N6O5S. The van der Waals surface area contributed by atoms with E-state index in [4.69, 9.17) is 4.74 Å². The topological polar surface area (TPSA) is 145 Å². The minimum atomic E-state index is -0.500. The van der Waals surface area contributed by atoms with Crippen LogP contribution in [0.2, 0.25) is 0 Å². The second-order valence-electron chi connectivity index (χ2n) is 6.50. The van der Waals surface area contributed by atoms with E-state index in [2.05, 4.69) is 20.4 Å². The largest absolute Gasteiger partial charge is 0.497 e. The molecule has 0 spiro atoms. The fraction of sp³-hybridized carbons (Fsp3) is 0.100. The van der Waals surface area contributed by atoms with Gasteiger partial charge in [0.25, 0.3) is 11.2 Å². The number of methoxy groups -OCH3 is 1. The molecule has 2 heterocycles. The molecule has 2 N–H and O–H groups in total. The zero-order chi connectivity index (χ0) is 22.7. The number of nitrogens with zero attached hydrogens (tertiary/aromatic N) is 4. The van der Waals surface area contributed by atoms with Gasteiger partial charge >= 0.3 is 0 Å². The summed E-state index contributed by atoms with van der Waals surface area (Å²) in [6, 6.07) is 12.6. The Labute approximate surface area is 184 Å². The van der Waals surface area contributed by atoms with Gasteiger partial charge < -0.3 is 15.0 Å². The molecule has 2 aromatic carbocycles. The zero-order valence-electron chi connectivity index (χ0n) is 16.6. The van der Waals surface area contributed by atoms with Crippen molar-refractivity contribution in [2.24, 2.45) is 0 Å². The molecule has 0 saturated heterocycles. The molecule has 0 atom stereocenters. The normalized spacial score (nSPS) is 10.8. The number of amides is 1. The van der Waals surface area contributed by atoms with Crippen LogP contribution in [0.4, 0.5) is 11.4 Å². The van der Waals surface area contributed by atoms with E-state index in [-0.39, 0.29) is 33.5 Å². The van der Waals surface area contributed by atoms with Gasteiger partial charge in [-0.2, -0.15) is 5.10 Å². The number of carbonyl (C=O) groups excluding carboxylic acids is 1. The lowest BCUT2D eigenvalue weighted by atomic mass is 10.3. The number of carbonyl (C=O) groups is 1. The minimum absolute atomic E-state index is 0.0200. The third-order valence-corrected chi connectivity index (χ3v) is 5.31. The number of ether oxygens (including phenoxy) is 1. The Balaban J connectivity index is 1.52. The van der Waals surface area contributed by atoms with Crippen LogP contribution >= 0.6 is 11.8 Å². The number of aromatic amines is 1. The standard InChI is InChI=1S/C20H16N6O5S/c1-31-15-8-2-12(3-9-15)22-17(27)11-32-20-23-18-16(19(28)24-20)10-21-25(18)13-4-6-14(7-5-13)26(29)30/h2-10H,11H2,1H3,(H,22,27)(H,23,24,28). The van der Waals surface area contributed by atoms with E-state index in [1.54, 1.807) is 31.4 Å². The van der Waals surface area contributed by atoms with E-state index in [1.165, 1.54) is 35.1 Å².